The van der Waals surface area contributed by atoms with E-state index in [1.807, 2.05) is 54.7 Å². The summed E-state index contributed by atoms with van der Waals surface area (Å²) in [6, 6.07) is 13.3. The van der Waals surface area contributed by atoms with E-state index in [1.165, 1.54) is 0 Å². The summed E-state index contributed by atoms with van der Waals surface area (Å²) in [5.41, 5.74) is 2.39. The molecule has 0 atom stereocenters. The molecular weight excluding hydrogens is 404 g/mol. The summed E-state index contributed by atoms with van der Waals surface area (Å²) in [5.74, 6) is 0.392. The number of likely N-dealkylation sites (N-methyl/N-ethyl adjacent to an activating group) is 1. The van der Waals surface area contributed by atoms with E-state index in [1.54, 1.807) is 33.7 Å². The number of thiophene rings is 1. The molecule has 1 aliphatic rings. The second kappa shape index (κ2) is 8.57. The predicted octanol–water partition coefficient (Wildman–Crippen LogP) is 4.07. The van der Waals surface area contributed by atoms with Crippen molar-refractivity contribution in [2.45, 2.75) is 11.4 Å². The number of esters is 1. The number of carbonyl (C=O) groups is 1. The Morgan fingerprint density at radius 1 is 1.21 bits per heavy atom. The van der Waals surface area contributed by atoms with Crippen LogP contribution >= 0.6 is 23.1 Å². The van der Waals surface area contributed by atoms with Gasteiger partial charge in [0.25, 0.3) is 5.56 Å². The van der Waals surface area contributed by atoms with Gasteiger partial charge in [-0.1, -0.05) is 30.3 Å². The molecule has 150 valence electrons. The van der Waals surface area contributed by atoms with Gasteiger partial charge in [0.05, 0.1) is 16.1 Å². The lowest BCUT2D eigenvalue weighted by Crippen LogP contribution is -2.27. The fourth-order valence-corrected chi connectivity index (χ4v) is 5.48. The van der Waals surface area contributed by atoms with Crippen molar-refractivity contribution in [3.63, 3.8) is 0 Å². The highest BCUT2D eigenvalue weighted by atomic mass is 32.2. The van der Waals surface area contributed by atoms with Crippen LogP contribution < -0.4 is 5.56 Å². The number of fused-ring (bicyclic) bond motifs is 3. The van der Waals surface area contributed by atoms with Crippen molar-refractivity contribution in [2.24, 2.45) is 0 Å². The van der Waals surface area contributed by atoms with Crippen molar-refractivity contribution in [2.75, 3.05) is 33.0 Å². The standard InChI is InChI=1S/C22H22N2O3S2/c1-23(2)9-11-27-22(26)17-14-16(15-6-4-3-5-7-15)21(25)24-10-13-28-18-8-12-29-20(18)19(17)24/h3-8,12,14H,9-11,13H2,1-2H3. The Balaban J connectivity index is 1.89. The molecule has 29 heavy (non-hydrogen) atoms. The van der Waals surface area contributed by atoms with Crippen molar-refractivity contribution < 1.29 is 9.53 Å². The summed E-state index contributed by atoms with van der Waals surface area (Å²) in [5, 5.41) is 2.00. The van der Waals surface area contributed by atoms with Gasteiger partial charge in [-0.2, -0.15) is 0 Å². The van der Waals surface area contributed by atoms with Gasteiger partial charge in [0.1, 0.15) is 6.61 Å². The van der Waals surface area contributed by atoms with Gasteiger partial charge < -0.3 is 14.2 Å². The number of carbonyl (C=O) groups excluding carboxylic acids is 1. The summed E-state index contributed by atoms with van der Waals surface area (Å²) in [6.45, 7) is 1.50. The molecule has 1 aromatic carbocycles. The number of benzene rings is 1. The van der Waals surface area contributed by atoms with Crippen LogP contribution in [0.3, 0.4) is 0 Å². The van der Waals surface area contributed by atoms with Crippen molar-refractivity contribution in [3.8, 4) is 21.7 Å². The first-order chi connectivity index (χ1) is 14.1. The van der Waals surface area contributed by atoms with Crippen molar-refractivity contribution in [1.82, 2.24) is 9.47 Å². The lowest BCUT2D eigenvalue weighted by atomic mass is 10.0. The monoisotopic (exact) mass is 426 g/mol. The molecule has 0 saturated heterocycles. The van der Waals surface area contributed by atoms with Gasteiger partial charge >= 0.3 is 5.97 Å². The van der Waals surface area contributed by atoms with Gasteiger partial charge in [0.15, 0.2) is 0 Å². The number of rotatable bonds is 5. The molecule has 0 fully saturated rings. The van der Waals surface area contributed by atoms with Gasteiger partial charge in [0.2, 0.25) is 0 Å². The Kier molecular flexibility index (Phi) is 5.89. The van der Waals surface area contributed by atoms with E-state index in [-0.39, 0.29) is 11.5 Å². The first-order valence-corrected chi connectivity index (χ1v) is 11.3. The Labute approximate surface area is 177 Å². The molecule has 5 nitrogen and oxygen atoms in total. The van der Waals surface area contributed by atoms with Crippen LogP contribution in [0.1, 0.15) is 10.4 Å². The minimum absolute atomic E-state index is 0.0714. The molecule has 0 spiro atoms. The zero-order chi connectivity index (χ0) is 20.4. The van der Waals surface area contributed by atoms with E-state index in [0.717, 1.165) is 21.1 Å². The second-order valence-electron chi connectivity index (χ2n) is 7.04. The molecule has 7 heteroatoms. The van der Waals surface area contributed by atoms with Crippen LogP contribution in [0, 0.1) is 0 Å². The SMILES string of the molecule is CN(C)CCOC(=O)c1cc(-c2ccccc2)c(=O)n2c1-c1sccc1SCC2. The van der Waals surface area contributed by atoms with E-state index >= 15 is 0 Å². The maximum atomic E-state index is 13.4. The van der Waals surface area contributed by atoms with E-state index in [0.29, 0.717) is 36.5 Å². The van der Waals surface area contributed by atoms with Crippen molar-refractivity contribution >= 4 is 29.1 Å². The van der Waals surface area contributed by atoms with E-state index in [4.69, 9.17) is 4.74 Å². The van der Waals surface area contributed by atoms with Crippen LogP contribution in [0.4, 0.5) is 0 Å². The molecular formula is C22H22N2O3S2. The zero-order valence-corrected chi connectivity index (χ0v) is 18.0. The highest BCUT2D eigenvalue weighted by Crippen LogP contribution is 2.40. The first kappa shape index (κ1) is 19.9. The van der Waals surface area contributed by atoms with Crippen molar-refractivity contribution in [3.05, 3.63) is 63.8 Å². The van der Waals surface area contributed by atoms with Gasteiger partial charge in [-0.05, 0) is 37.2 Å². The lowest BCUT2D eigenvalue weighted by molar-refractivity contribution is 0.0482. The smallest absolute Gasteiger partial charge is 0.340 e. The molecule has 0 unspecified atom stereocenters. The molecule has 1 aliphatic heterocycles. The number of hydrogen-bond acceptors (Lipinski definition) is 6. The minimum atomic E-state index is -0.390. The Morgan fingerprint density at radius 2 is 2.00 bits per heavy atom. The van der Waals surface area contributed by atoms with E-state index < -0.39 is 0 Å². The lowest BCUT2D eigenvalue weighted by Gasteiger charge is -2.17. The fourth-order valence-electron chi connectivity index (χ4n) is 3.33. The number of aromatic nitrogens is 1. The van der Waals surface area contributed by atoms with Gasteiger partial charge in [-0.25, -0.2) is 4.79 Å². The normalized spacial score (nSPS) is 12.9. The molecule has 0 amide bonds. The van der Waals surface area contributed by atoms with Crippen LogP contribution in [0.2, 0.25) is 0 Å². The van der Waals surface area contributed by atoms with Crippen LogP contribution in [0.25, 0.3) is 21.7 Å². The maximum absolute atomic E-state index is 13.4. The maximum Gasteiger partial charge on any atom is 0.340 e. The molecule has 0 saturated carbocycles. The Hall–Kier alpha value is -2.35. The second-order valence-corrected chi connectivity index (χ2v) is 9.10. The van der Waals surface area contributed by atoms with Crippen LogP contribution in [-0.4, -0.2) is 48.4 Å². The molecule has 4 rings (SSSR count). The number of hydrogen-bond donors (Lipinski definition) is 0. The number of ether oxygens (including phenoxy) is 1. The van der Waals surface area contributed by atoms with Gasteiger partial charge in [-0.15, -0.1) is 23.1 Å². The molecule has 2 aromatic heterocycles. The first-order valence-electron chi connectivity index (χ1n) is 9.42. The third-order valence-corrected chi connectivity index (χ3v) is 6.87. The predicted molar refractivity (Wildman–Crippen MR) is 119 cm³/mol. The van der Waals surface area contributed by atoms with Crippen molar-refractivity contribution in [1.29, 1.82) is 0 Å². The van der Waals surface area contributed by atoms with Crippen LogP contribution in [-0.2, 0) is 11.3 Å². The summed E-state index contributed by atoms with van der Waals surface area (Å²) >= 11 is 3.27. The molecule has 3 aromatic rings. The summed E-state index contributed by atoms with van der Waals surface area (Å²) in [7, 11) is 3.87. The summed E-state index contributed by atoms with van der Waals surface area (Å²) in [6.07, 6.45) is 0. The largest absolute Gasteiger partial charge is 0.461 e. The molecule has 0 N–H and O–H groups in total. The minimum Gasteiger partial charge on any atom is -0.461 e. The van der Waals surface area contributed by atoms with Gasteiger partial charge in [0, 0.05) is 29.3 Å². The average Bonchev–Trinajstić information content (AvgIpc) is 3.09. The molecule has 3 heterocycles. The highest BCUT2D eigenvalue weighted by molar-refractivity contribution is 7.99. The number of thioether (sulfide) groups is 1. The number of pyridine rings is 1. The average molecular weight is 427 g/mol. The highest BCUT2D eigenvalue weighted by Gasteiger charge is 2.27. The third kappa shape index (κ3) is 4.03. The Morgan fingerprint density at radius 3 is 2.76 bits per heavy atom. The quantitative estimate of drug-likeness (QED) is 0.576. The topological polar surface area (TPSA) is 51.5 Å². The summed E-state index contributed by atoms with van der Waals surface area (Å²) < 4.78 is 7.32. The van der Waals surface area contributed by atoms with E-state index in [2.05, 4.69) is 6.07 Å². The third-order valence-electron chi connectivity index (χ3n) is 4.78. The molecule has 0 radical (unpaired) electrons. The zero-order valence-electron chi connectivity index (χ0n) is 16.4. The Bertz CT molecular complexity index is 1090. The van der Waals surface area contributed by atoms with Gasteiger partial charge in [-0.3, -0.25) is 4.79 Å². The van der Waals surface area contributed by atoms with Crippen LogP contribution in [0.5, 0.6) is 0 Å². The number of nitrogens with zero attached hydrogens (tertiary/aromatic N) is 2. The molecule has 0 bridgehead atoms. The summed E-state index contributed by atoms with van der Waals surface area (Å²) in [4.78, 5) is 30.5. The molecule has 0 aliphatic carbocycles. The van der Waals surface area contributed by atoms with E-state index in [9.17, 15) is 9.59 Å². The van der Waals surface area contributed by atoms with Crippen LogP contribution in [0.15, 0.2) is 57.5 Å². The fraction of sp³-hybridized carbons (Fsp3) is 0.273.